The van der Waals surface area contributed by atoms with Crippen molar-refractivity contribution in [2.24, 2.45) is 5.16 Å². The summed E-state index contributed by atoms with van der Waals surface area (Å²) >= 11 is 9.61. The number of aromatic hydroxyl groups is 1. The highest BCUT2D eigenvalue weighted by Gasteiger charge is 2.21. The highest BCUT2D eigenvalue weighted by Crippen LogP contribution is 2.39. The predicted octanol–water partition coefficient (Wildman–Crippen LogP) is 4.91. The Morgan fingerprint density at radius 3 is 2.36 bits per heavy atom. The fraction of sp³-hybridized carbons (Fsp3) is 0. The van der Waals surface area contributed by atoms with Crippen molar-refractivity contribution in [3.8, 4) is 11.5 Å². The van der Waals surface area contributed by atoms with Crippen LogP contribution in [0.5, 0.6) is 11.5 Å². The van der Waals surface area contributed by atoms with Crippen LogP contribution in [-0.4, -0.2) is 21.2 Å². The van der Waals surface area contributed by atoms with E-state index >= 15 is 0 Å². The fourth-order valence-corrected chi connectivity index (χ4v) is 3.23. The Bertz CT molecular complexity index is 903. The number of nitro groups is 2. The quantitative estimate of drug-likeness (QED) is 0.249. The molecule has 0 aromatic heterocycles. The van der Waals surface area contributed by atoms with Crippen LogP contribution in [0.3, 0.4) is 0 Å². The van der Waals surface area contributed by atoms with Crippen molar-refractivity contribution in [3.05, 3.63) is 63.5 Å². The molecule has 0 aliphatic carbocycles. The van der Waals surface area contributed by atoms with Crippen LogP contribution in [0.4, 0.5) is 11.4 Å². The number of phenols is 1. The molecular weight excluding hydrogens is 534 g/mol. The van der Waals surface area contributed by atoms with Crippen LogP contribution in [0.2, 0.25) is 0 Å². The number of halogens is 3. The lowest BCUT2D eigenvalue weighted by atomic mass is 10.2. The smallest absolute Gasteiger partial charge is 0.321 e. The summed E-state index contributed by atoms with van der Waals surface area (Å²) in [7, 11) is 0. The first-order valence-corrected chi connectivity index (χ1v) is 8.60. The first-order chi connectivity index (χ1) is 11.7. The molecule has 0 radical (unpaired) electrons. The summed E-state index contributed by atoms with van der Waals surface area (Å²) in [5.74, 6) is -0.268. The van der Waals surface area contributed by atoms with Crippen molar-refractivity contribution in [3.63, 3.8) is 0 Å². The van der Waals surface area contributed by atoms with E-state index in [9.17, 15) is 25.3 Å². The van der Waals surface area contributed by atoms with Gasteiger partial charge in [-0.1, -0.05) is 5.16 Å². The standard InChI is InChI=1S/C13H6Br3N3O6/c14-8-3-6(11(15)12(16)13(8)20)5-17-25-10-2-1-7(18(21)22)4-9(10)19(23)24/h1-5,20H. The summed E-state index contributed by atoms with van der Waals surface area (Å²) < 4.78 is 1.26. The van der Waals surface area contributed by atoms with Gasteiger partial charge in [-0.25, -0.2) is 0 Å². The molecule has 2 rings (SSSR count). The van der Waals surface area contributed by atoms with Gasteiger partial charge in [0, 0.05) is 16.1 Å². The van der Waals surface area contributed by atoms with E-state index in [0.29, 0.717) is 19.0 Å². The van der Waals surface area contributed by atoms with Gasteiger partial charge in [-0.3, -0.25) is 20.2 Å². The van der Waals surface area contributed by atoms with Gasteiger partial charge in [-0.2, -0.15) is 0 Å². The maximum Gasteiger partial charge on any atom is 0.321 e. The zero-order chi connectivity index (χ0) is 18.7. The number of nitro benzene ring substituents is 2. The third kappa shape index (κ3) is 4.32. The van der Waals surface area contributed by atoms with Gasteiger partial charge in [0.1, 0.15) is 5.75 Å². The summed E-state index contributed by atoms with van der Waals surface area (Å²) in [5.41, 5.74) is -0.517. The Morgan fingerprint density at radius 1 is 1.08 bits per heavy atom. The lowest BCUT2D eigenvalue weighted by Crippen LogP contribution is -1.96. The van der Waals surface area contributed by atoms with Crippen molar-refractivity contribution >= 4 is 65.4 Å². The van der Waals surface area contributed by atoms with Crippen LogP contribution >= 0.6 is 47.8 Å². The van der Waals surface area contributed by atoms with E-state index in [0.717, 1.165) is 18.2 Å². The molecule has 12 heteroatoms. The number of nitrogens with zero attached hydrogens (tertiary/aromatic N) is 3. The van der Waals surface area contributed by atoms with E-state index in [1.165, 1.54) is 6.21 Å². The number of oxime groups is 1. The van der Waals surface area contributed by atoms with Gasteiger partial charge in [-0.05, 0) is 59.9 Å². The van der Waals surface area contributed by atoms with E-state index < -0.39 is 21.2 Å². The maximum absolute atomic E-state index is 11.0. The van der Waals surface area contributed by atoms with Crippen LogP contribution < -0.4 is 4.84 Å². The molecule has 0 amide bonds. The first kappa shape index (κ1) is 19.3. The summed E-state index contributed by atoms with van der Waals surface area (Å²) in [4.78, 5) is 25.1. The minimum absolute atomic E-state index is 0.0176. The highest BCUT2D eigenvalue weighted by atomic mass is 79.9. The molecule has 130 valence electrons. The van der Waals surface area contributed by atoms with Crippen molar-refractivity contribution < 1.29 is 19.8 Å². The third-order valence-corrected chi connectivity index (χ3v) is 5.62. The maximum atomic E-state index is 11.0. The van der Waals surface area contributed by atoms with E-state index in [2.05, 4.69) is 52.9 Å². The molecule has 0 heterocycles. The van der Waals surface area contributed by atoms with Gasteiger partial charge in [0.2, 0.25) is 5.75 Å². The van der Waals surface area contributed by atoms with Gasteiger partial charge < -0.3 is 9.94 Å². The van der Waals surface area contributed by atoms with Crippen LogP contribution in [0.15, 0.2) is 42.8 Å². The molecule has 0 aliphatic rings. The summed E-state index contributed by atoms with van der Waals surface area (Å²) in [5, 5.41) is 35.1. The zero-order valence-electron chi connectivity index (χ0n) is 11.9. The second kappa shape index (κ2) is 7.89. The zero-order valence-corrected chi connectivity index (χ0v) is 16.6. The minimum Gasteiger partial charge on any atom is -0.506 e. The van der Waals surface area contributed by atoms with Gasteiger partial charge in [0.15, 0.2) is 0 Å². The predicted molar refractivity (Wildman–Crippen MR) is 99.2 cm³/mol. The molecule has 0 aliphatic heterocycles. The second-order valence-corrected chi connectivity index (χ2v) is 6.86. The normalized spacial score (nSPS) is 10.8. The summed E-state index contributed by atoms with van der Waals surface area (Å²) in [6.45, 7) is 0. The number of non-ortho nitro benzene ring substituents is 1. The molecule has 2 aromatic carbocycles. The molecule has 0 saturated carbocycles. The largest absolute Gasteiger partial charge is 0.506 e. The van der Waals surface area contributed by atoms with Crippen LogP contribution in [0.25, 0.3) is 0 Å². The van der Waals surface area contributed by atoms with Crippen LogP contribution in [-0.2, 0) is 0 Å². The average molecular weight is 540 g/mol. The molecule has 0 unspecified atom stereocenters. The molecule has 25 heavy (non-hydrogen) atoms. The average Bonchev–Trinajstić information content (AvgIpc) is 2.57. The molecule has 0 spiro atoms. The Balaban J connectivity index is 2.31. The SMILES string of the molecule is O=[N+]([O-])c1ccc(ON=Cc2cc(Br)c(O)c(Br)c2Br)c([N+](=O)[O-])c1. The van der Waals surface area contributed by atoms with Crippen molar-refractivity contribution in [2.75, 3.05) is 0 Å². The fourth-order valence-electron chi connectivity index (χ4n) is 1.68. The molecule has 0 bridgehead atoms. The Kier molecular flexibility index (Phi) is 6.08. The topological polar surface area (TPSA) is 128 Å². The van der Waals surface area contributed by atoms with Gasteiger partial charge in [0.05, 0.1) is 31.1 Å². The first-order valence-electron chi connectivity index (χ1n) is 6.22. The monoisotopic (exact) mass is 537 g/mol. The lowest BCUT2D eigenvalue weighted by Gasteiger charge is -2.06. The number of hydrogen-bond donors (Lipinski definition) is 1. The number of benzene rings is 2. The van der Waals surface area contributed by atoms with Crippen LogP contribution in [0, 0.1) is 20.2 Å². The van der Waals surface area contributed by atoms with Gasteiger partial charge >= 0.3 is 5.69 Å². The van der Waals surface area contributed by atoms with E-state index in [-0.39, 0.29) is 11.5 Å². The third-order valence-electron chi connectivity index (χ3n) is 2.86. The molecule has 0 fully saturated rings. The molecule has 9 nitrogen and oxygen atoms in total. The number of phenolic OH excluding ortho intramolecular Hbond substituents is 1. The minimum atomic E-state index is -0.804. The molecule has 1 N–H and O–H groups in total. The Morgan fingerprint density at radius 2 is 1.76 bits per heavy atom. The number of rotatable bonds is 5. The van der Waals surface area contributed by atoms with Crippen molar-refractivity contribution in [1.29, 1.82) is 0 Å². The molecule has 2 aromatic rings. The van der Waals surface area contributed by atoms with Crippen molar-refractivity contribution in [2.45, 2.75) is 0 Å². The van der Waals surface area contributed by atoms with E-state index in [4.69, 9.17) is 4.84 Å². The Hall–Kier alpha value is -2.05. The van der Waals surface area contributed by atoms with E-state index in [1.807, 2.05) is 0 Å². The highest BCUT2D eigenvalue weighted by molar-refractivity contribution is 9.13. The van der Waals surface area contributed by atoms with Gasteiger partial charge in [0.25, 0.3) is 5.69 Å². The molecule has 0 atom stereocenters. The number of hydrogen-bond acceptors (Lipinski definition) is 7. The van der Waals surface area contributed by atoms with Crippen molar-refractivity contribution in [1.82, 2.24) is 0 Å². The summed E-state index contributed by atoms with van der Waals surface area (Å²) in [6.07, 6.45) is 1.25. The van der Waals surface area contributed by atoms with Gasteiger partial charge in [-0.15, -0.1) is 0 Å². The lowest BCUT2D eigenvalue weighted by molar-refractivity contribution is -0.394. The molecular formula is C13H6Br3N3O6. The summed E-state index contributed by atoms with van der Waals surface area (Å²) in [6, 6.07) is 4.49. The molecule has 0 saturated heterocycles. The Labute approximate surface area is 165 Å². The van der Waals surface area contributed by atoms with E-state index in [1.54, 1.807) is 6.07 Å². The van der Waals surface area contributed by atoms with Crippen LogP contribution in [0.1, 0.15) is 5.56 Å². The second-order valence-electron chi connectivity index (χ2n) is 4.42.